The molecule has 2 nitrogen and oxygen atoms in total. The van der Waals surface area contributed by atoms with Gasteiger partial charge in [0.2, 0.25) is 0 Å². The molecule has 0 amide bonds. The third-order valence-electron chi connectivity index (χ3n) is 1.95. The summed E-state index contributed by atoms with van der Waals surface area (Å²) >= 11 is 0. The Morgan fingerprint density at radius 1 is 1.38 bits per heavy atom. The first kappa shape index (κ1) is 9.76. The number of nitrogens with zero attached hydrogens (tertiary/aromatic N) is 1. The van der Waals surface area contributed by atoms with Gasteiger partial charge in [-0.1, -0.05) is 24.3 Å². The van der Waals surface area contributed by atoms with E-state index < -0.39 is 5.60 Å². The minimum absolute atomic E-state index is 0.347. The van der Waals surface area contributed by atoms with E-state index in [4.69, 9.17) is 5.26 Å². The molecular formula is C11H13NO. The standard InChI is InChI=1S/C11H13NO/c1-11(2,13)10-6-4-3-5-9(10)7-8-12/h3-6,13H,7H2,1-2H3. The van der Waals surface area contributed by atoms with Crippen LogP contribution < -0.4 is 0 Å². The second-order valence-electron chi connectivity index (χ2n) is 3.55. The van der Waals surface area contributed by atoms with Crippen molar-refractivity contribution in [2.24, 2.45) is 0 Å². The third kappa shape index (κ3) is 2.30. The number of rotatable bonds is 2. The Balaban J connectivity index is 3.14. The van der Waals surface area contributed by atoms with Crippen molar-refractivity contribution in [3.05, 3.63) is 35.4 Å². The Kier molecular flexibility index (Phi) is 2.69. The highest BCUT2D eigenvalue weighted by Crippen LogP contribution is 2.23. The summed E-state index contributed by atoms with van der Waals surface area (Å²) in [4.78, 5) is 0. The van der Waals surface area contributed by atoms with E-state index in [-0.39, 0.29) is 0 Å². The number of hydrogen-bond donors (Lipinski definition) is 1. The van der Waals surface area contributed by atoms with Crippen molar-refractivity contribution in [2.75, 3.05) is 0 Å². The molecule has 0 aliphatic carbocycles. The van der Waals surface area contributed by atoms with Crippen molar-refractivity contribution in [2.45, 2.75) is 25.9 Å². The van der Waals surface area contributed by atoms with Crippen LogP contribution in [0, 0.1) is 11.3 Å². The van der Waals surface area contributed by atoms with E-state index in [2.05, 4.69) is 6.07 Å². The number of benzene rings is 1. The summed E-state index contributed by atoms with van der Waals surface area (Å²) in [5.41, 5.74) is 0.863. The molecule has 0 bridgehead atoms. The fraction of sp³-hybridized carbons (Fsp3) is 0.364. The molecule has 1 N–H and O–H groups in total. The fourth-order valence-corrected chi connectivity index (χ4v) is 1.36. The number of aliphatic hydroxyl groups is 1. The van der Waals surface area contributed by atoms with Crippen LogP contribution in [0.4, 0.5) is 0 Å². The first-order valence-electron chi connectivity index (χ1n) is 4.23. The average Bonchev–Trinajstić information content (AvgIpc) is 2.04. The van der Waals surface area contributed by atoms with Gasteiger partial charge in [-0.05, 0) is 25.0 Å². The van der Waals surface area contributed by atoms with Crippen LogP contribution in [0.2, 0.25) is 0 Å². The zero-order valence-corrected chi connectivity index (χ0v) is 7.91. The molecule has 1 aromatic rings. The lowest BCUT2D eigenvalue weighted by Gasteiger charge is -2.20. The number of nitriles is 1. The van der Waals surface area contributed by atoms with Gasteiger partial charge in [-0.2, -0.15) is 5.26 Å². The van der Waals surface area contributed by atoms with Crippen LogP contribution in [0.3, 0.4) is 0 Å². The van der Waals surface area contributed by atoms with Gasteiger partial charge >= 0.3 is 0 Å². The molecule has 0 aliphatic heterocycles. The van der Waals surface area contributed by atoms with Crippen molar-refractivity contribution < 1.29 is 5.11 Å². The zero-order chi connectivity index (χ0) is 9.90. The van der Waals surface area contributed by atoms with Crippen LogP contribution >= 0.6 is 0 Å². The van der Waals surface area contributed by atoms with Gasteiger partial charge in [0.1, 0.15) is 0 Å². The lowest BCUT2D eigenvalue weighted by Crippen LogP contribution is -2.17. The van der Waals surface area contributed by atoms with Crippen LogP contribution in [0.1, 0.15) is 25.0 Å². The largest absolute Gasteiger partial charge is 0.386 e. The molecule has 0 unspecified atom stereocenters. The maximum atomic E-state index is 9.79. The summed E-state index contributed by atoms with van der Waals surface area (Å²) in [6.07, 6.45) is 0.347. The Morgan fingerprint density at radius 2 is 2.00 bits per heavy atom. The first-order chi connectivity index (χ1) is 6.05. The topological polar surface area (TPSA) is 44.0 Å². The second-order valence-corrected chi connectivity index (χ2v) is 3.55. The van der Waals surface area contributed by atoms with Crippen molar-refractivity contribution in [3.63, 3.8) is 0 Å². The Labute approximate surface area is 78.4 Å². The molecule has 0 aliphatic rings. The molecule has 0 spiro atoms. The summed E-state index contributed by atoms with van der Waals surface area (Å²) in [5.74, 6) is 0. The van der Waals surface area contributed by atoms with Gasteiger partial charge in [-0.15, -0.1) is 0 Å². The molecule has 13 heavy (non-hydrogen) atoms. The van der Waals surface area contributed by atoms with Gasteiger partial charge < -0.3 is 5.11 Å². The minimum atomic E-state index is -0.868. The first-order valence-corrected chi connectivity index (χ1v) is 4.23. The van der Waals surface area contributed by atoms with Crippen molar-refractivity contribution in [3.8, 4) is 6.07 Å². The molecule has 1 rings (SSSR count). The molecule has 1 aromatic carbocycles. The summed E-state index contributed by atoms with van der Waals surface area (Å²) < 4.78 is 0. The fourth-order valence-electron chi connectivity index (χ4n) is 1.36. The van der Waals surface area contributed by atoms with E-state index in [1.807, 2.05) is 24.3 Å². The molecule has 0 saturated carbocycles. The van der Waals surface area contributed by atoms with E-state index in [9.17, 15) is 5.11 Å². The third-order valence-corrected chi connectivity index (χ3v) is 1.95. The molecule has 68 valence electrons. The second kappa shape index (κ2) is 3.59. The highest BCUT2D eigenvalue weighted by molar-refractivity contribution is 5.33. The maximum Gasteiger partial charge on any atom is 0.0843 e. The smallest absolute Gasteiger partial charge is 0.0843 e. The summed E-state index contributed by atoms with van der Waals surface area (Å²) in [6, 6.07) is 9.56. The summed E-state index contributed by atoms with van der Waals surface area (Å²) in [7, 11) is 0. The molecule has 0 radical (unpaired) electrons. The molecule has 2 heteroatoms. The zero-order valence-electron chi connectivity index (χ0n) is 7.91. The van der Waals surface area contributed by atoms with E-state index in [1.165, 1.54) is 0 Å². The van der Waals surface area contributed by atoms with Crippen LogP contribution in [0.15, 0.2) is 24.3 Å². The number of hydrogen-bond acceptors (Lipinski definition) is 2. The quantitative estimate of drug-likeness (QED) is 0.746. The monoisotopic (exact) mass is 175 g/mol. The highest BCUT2D eigenvalue weighted by Gasteiger charge is 2.18. The predicted octanol–water partition coefficient (Wildman–Crippen LogP) is 1.98. The minimum Gasteiger partial charge on any atom is -0.386 e. The molecular weight excluding hydrogens is 162 g/mol. The van der Waals surface area contributed by atoms with Gasteiger partial charge in [-0.25, -0.2) is 0 Å². The van der Waals surface area contributed by atoms with Gasteiger partial charge in [-0.3, -0.25) is 0 Å². The molecule has 0 fully saturated rings. The Morgan fingerprint density at radius 3 is 2.54 bits per heavy atom. The molecule has 0 atom stereocenters. The van der Waals surface area contributed by atoms with E-state index in [1.54, 1.807) is 13.8 Å². The molecule has 0 saturated heterocycles. The van der Waals surface area contributed by atoms with Crippen molar-refractivity contribution in [1.29, 1.82) is 5.26 Å². The summed E-state index contributed by atoms with van der Waals surface area (Å²) in [6.45, 7) is 3.45. The Bertz CT molecular complexity index is 331. The van der Waals surface area contributed by atoms with Crippen LogP contribution in [0.25, 0.3) is 0 Å². The van der Waals surface area contributed by atoms with Crippen molar-refractivity contribution in [1.82, 2.24) is 0 Å². The van der Waals surface area contributed by atoms with Crippen molar-refractivity contribution >= 4 is 0 Å². The SMILES string of the molecule is CC(C)(O)c1ccccc1CC#N. The lowest BCUT2D eigenvalue weighted by molar-refractivity contribution is 0.0778. The van der Waals surface area contributed by atoms with Crippen LogP contribution in [-0.4, -0.2) is 5.11 Å². The highest BCUT2D eigenvalue weighted by atomic mass is 16.3. The average molecular weight is 175 g/mol. The summed E-state index contributed by atoms with van der Waals surface area (Å²) in [5, 5.41) is 18.4. The lowest BCUT2D eigenvalue weighted by atomic mass is 9.92. The Hall–Kier alpha value is -1.33. The normalized spacial score (nSPS) is 10.9. The van der Waals surface area contributed by atoms with Gasteiger partial charge in [0.15, 0.2) is 0 Å². The molecule has 0 heterocycles. The van der Waals surface area contributed by atoms with E-state index >= 15 is 0 Å². The maximum absolute atomic E-state index is 9.79. The van der Waals surface area contributed by atoms with Gasteiger partial charge in [0.05, 0.1) is 18.1 Å². The molecule has 0 aromatic heterocycles. The van der Waals surface area contributed by atoms with Gasteiger partial charge in [0, 0.05) is 0 Å². The van der Waals surface area contributed by atoms with Gasteiger partial charge in [0.25, 0.3) is 0 Å². The van der Waals surface area contributed by atoms with E-state index in [0.29, 0.717) is 6.42 Å². The van der Waals surface area contributed by atoms with E-state index in [0.717, 1.165) is 11.1 Å². The predicted molar refractivity (Wildman–Crippen MR) is 51.0 cm³/mol. The van der Waals surface area contributed by atoms with Crippen LogP contribution in [-0.2, 0) is 12.0 Å². The van der Waals surface area contributed by atoms with Crippen LogP contribution in [0.5, 0.6) is 0 Å².